The number of hydrogen-bond acceptors (Lipinski definition) is 3. The highest BCUT2D eigenvalue weighted by Gasteiger charge is 2.38. The quantitative estimate of drug-likeness (QED) is 0.779. The molecule has 0 radical (unpaired) electrons. The fourth-order valence-corrected chi connectivity index (χ4v) is 2.28. The number of halogens is 3. The molecular formula is C10H19F3N2O. The van der Waals surface area contributed by atoms with E-state index in [0.717, 1.165) is 6.42 Å². The Hall–Kier alpha value is -0.330. The normalized spacial score (nSPS) is 26.6. The molecule has 1 N–H and O–H groups in total. The van der Waals surface area contributed by atoms with Gasteiger partial charge in [0, 0.05) is 25.1 Å². The molecule has 16 heavy (non-hydrogen) atoms. The maximum atomic E-state index is 12.2. The molecule has 6 heteroatoms. The fourth-order valence-electron chi connectivity index (χ4n) is 2.28. The maximum absolute atomic E-state index is 12.2. The van der Waals surface area contributed by atoms with E-state index in [1.54, 1.807) is 0 Å². The van der Waals surface area contributed by atoms with Gasteiger partial charge in [0.25, 0.3) is 0 Å². The molecule has 1 unspecified atom stereocenters. The first kappa shape index (κ1) is 13.7. The van der Waals surface area contributed by atoms with Gasteiger partial charge in [0.2, 0.25) is 0 Å². The summed E-state index contributed by atoms with van der Waals surface area (Å²) < 4.78 is 41.9. The molecule has 1 atom stereocenters. The van der Waals surface area contributed by atoms with E-state index >= 15 is 0 Å². The molecule has 1 aliphatic rings. The lowest BCUT2D eigenvalue weighted by atomic mass is 9.86. The number of alkyl halides is 3. The number of hydrogen-bond donors (Lipinski definition) is 1. The fraction of sp³-hybridized carbons (Fsp3) is 1.00. The van der Waals surface area contributed by atoms with E-state index in [0.29, 0.717) is 26.3 Å². The van der Waals surface area contributed by atoms with Gasteiger partial charge in [0.1, 0.15) is 0 Å². The Morgan fingerprint density at radius 1 is 1.44 bits per heavy atom. The zero-order valence-corrected chi connectivity index (χ0v) is 9.73. The standard InChI is InChI=1S/C10H19F3N2O/c1-14-5-9(3-4-16-8-9)6-15(2)7-10(11,12)13/h14H,3-8H2,1-2H3. The second-order valence-electron chi connectivity index (χ2n) is 4.62. The van der Waals surface area contributed by atoms with Gasteiger partial charge < -0.3 is 10.1 Å². The summed E-state index contributed by atoms with van der Waals surface area (Å²) in [6.07, 6.45) is -3.31. The van der Waals surface area contributed by atoms with Gasteiger partial charge in [0.05, 0.1) is 13.2 Å². The van der Waals surface area contributed by atoms with Crippen LogP contribution in [0.25, 0.3) is 0 Å². The van der Waals surface area contributed by atoms with Crippen LogP contribution in [0, 0.1) is 5.41 Å². The summed E-state index contributed by atoms with van der Waals surface area (Å²) in [6, 6.07) is 0. The van der Waals surface area contributed by atoms with E-state index in [9.17, 15) is 13.2 Å². The van der Waals surface area contributed by atoms with E-state index < -0.39 is 12.7 Å². The summed E-state index contributed by atoms with van der Waals surface area (Å²) in [7, 11) is 3.31. The second-order valence-corrected chi connectivity index (χ2v) is 4.62. The summed E-state index contributed by atoms with van der Waals surface area (Å²) in [6.45, 7) is 1.42. The van der Waals surface area contributed by atoms with Crippen molar-refractivity contribution in [1.29, 1.82) is 0 Å². The lowest BCUT2D eigenvalue weighted by Gasteiger charge is -2.32. The van der Waals surface area contributed by atoms with E-state index in [1.807, 2.05) is 7.05 Å². The van der Waals surface area contributed by atoms with Crippen LogP contribution in [0.5, 0.6) is 0 Å². The number of rotatable bonds is 5. The van der Waals surface area contributed by atoms with Crippen LogP contribution in [0.15, 0.2) is 0 Å². The highest BCUT2D eigenvalue weighted by atomic mass is 19.4. The van der Waals surface area contributed by atoms with E-state index in [1.165, 1.54) is 11.9 Å². The zero-order valence-electron chi connectivity index (χ0n) is 9.73. The van der Waals surface area contributed by atoms with Crippen molar-refractivity contribution >= 4 is 0 Å². The van der Waals surface area contributed by atoms with Crippen LogP contribution in [0.3, 0.4) is 0 Å². The molecule has 0 aromatic carbocycles. The van der Waals surface area contributed by atoms with Crippen molar-refractivity contribution < 1.29 is 17.9 Å². The lowest BCUT2D eigenvalue weighted by molar-refractivity contribution is -0.145. The highest BCUT2D eigenvalue weighted by Crippen LogP contribution is 2.29. The predicted octanol–water partition coefficient (Wildman–Crippen LogP) is 1.11. The van der Waals surface area contributed by atoms with Crippen molar-refractivity contribution in [3.8, 4) is 0 Å². The van der Waals surface area contributed by atoms with E-state index in [-0.39, 0.29) is 5.41 Å². The Morgan fingerprint density at radius 3 is 2.56 bits per heavy atom. The Kier molecular flexibility index (Phi) is 4.58. The molecule has 1 aliphatic heterocycles. The average Bonchev–Trinajstić information content (AvgIpc) is 2.49. The third kappa shape index (κ3) is 4.27. The molecule has 0 bridgehead atoms. The topological polar surface area (TPSA) is 24.5 Å². The third-order valence-corrected chi connectivity index (χ3v) is 2.79. The summed E-state index contributed by atoms with van der Waals surface area (Å²) >= 11 is 0. The van der Waals surface area contributed by atoms with Gasteiger partial charge in [-0.1, -0.05) is 0 Å². The first-order valence-corrected chi connectivity index (χ1v) is 5.35. The molecule has 1 rings (SSSR count). The summed E-state index contributed by atoms with van der Waals surface area (Å²) in [4.78, 5) is 1.33. The Labute approximate surface area is 93.9 Å². The minimum absolute atomic E-state index is 0.172. The first-order valence-electron chi connectivity index (χ1n) is 5.35. The third-order valence-electron chi connectivity index (χ3n) is 2.79. The SMILES string of the molecule is CNCC1(CN(C)CC(F)(F)F)CCOC1. The van der Waals surface area contributed by atoms with Crippen molar-refractivity contribution in [2.45, 2.75) is 12.6 Å². The Morgan fingerprint density at radius 2 is 2.12 bits per heavy atom. The van der Waals surface area contributed by atoms with Crippen LogP contribution in [0.1, 0.15) is 6.42 Å². The van der Waals surface area contributed by atoms with Crippen LogP contribution in [-0.4, -0.2) is 58.0 Å². The predicted molar refractivity (Wildman–Crippen MR) is 55.3 cm³/mol. The molecular weight excluding hydrogens is 221 g/mol. The van der Waals surface area contributed by atoms with Crippen LogP contribution in [-0.2, 0) is 4.74 Å². The molecule has 0 aliphatic carbocycles. The molecule has 1 fully saturated rings. The maximum Gasteiger partial charge on any atom is 0.401 e. The summed E-state index contributed by atoms with van der Waals surface area (Å²) in [5.41, 5.74) is -0.172. The van der Waals surface area contributed by atoms with Crippen molar-refractivity contribution in [2.75, 3.05) is 46.9 Å². The first-order chi connectivity index (χ1) is 7.37. The smallest absolute Gasteiger partial charge is 0.381 e. The molecule has 0 saturated carbocycles. The number of nitrogens with one attached hydrogen (secondary N) is 1. The highest BCUT2D eigenvalue weighted by molar-refractivity contribution is 4.87. The van der Waals surface area contributed by atoms with Crippen LogP contribution in [0.2, 0.25) is 0 Å². The van der Waals surface area contributed by atoms with Crippen LogP contribution in [0.4, 0.5) is 13.2 Å². The van der Waals surface area contributed by atoms with Crippen molar-refractivity contribution in [3.63, 3.8) is 0 Å². The molecule has 1 heterocycles. The molecule has 0 aromatic heterocycles. The van der Waals surface area contributed by atoms with Gasteiger partial charge in [-0.15, -0.1) is 0 Å². The van der Waals surface area contributed by atoms with Crippen molar-refractivity contribution in [2.24, 2.45) is 5.41 Å². The van der Waals surface area contributed by atoms with E-state index in [4.69, 9.17) is 4.74 Å². The van der Waals surface area contributed by atoms with Crippen molar-refractivity contribution in [3.05, 3.63) is 0 Å². The minimum Gasteiger partial charge on any atom is -0.381 e. The van der Waals surface area contributed by atoms with Crippen LogP contribution >= 0.6 is 0 Å². The second kappa shape index (κ2) is 5.33. The Bertz CT molecular complexity index is 215. The molecule has 0 spiro atoms. The summed E-state index contributed by atoms with van der Waals surface area (Å²) in [5.74, 6) is 0. The molecule has 96 valence electrons. The Balaban J connectivity index is 2.48. The monoisotopic (exact) mass is 240 g/mol. The summed E-state index contributed by atoms with van der Waals surface area (Å²) in [5, 5.41) is 3.03. The number of nitrogens with zero attached hydrogens (tertiary/aromatic N) is 1. The van der Waals surface area contributed by atoms with Gasteiger partial charge >= 0.3 is 6.18 Å². The van der Waals surface area contributed by atoms with Gasteiger partial charge in [-0.2, -0.15) is 13.2 Å². The zero-order chi connectivity index (χ0) is 12.2. The molecule has 0 aromatic rings. The van der Waals surface area contributed by atoms with Crippen LogP contribution < -0.4 is 5.32 Å². The molecule has 1 saturated heterocycles. The van der Waals surface area contributed by atoms with Gasteiger partial charge in [-0.3, -0.25) is 4.90 Å². The largest absolute Gasteiger partial charge is 0.401 e. The lowest BCUT2D eigenvalue weighted by Crippen LogP contribution is -2.45. The number of ether oxygens (including phenoxy) is 1. The average molecular weight is 240 g/mol. The van der Waals surface area contributed by atoms with Gasteiger partial charge in [-0.05, 0) is 20.5 Å². The van der Waals surface area contributed by atoms with Gasteiger partial charge in [-0.25, -0.2) is 0 Å². The minimum atomic E-state index is -4.13. The molecule has 0 amide bonds. The van der Waals surface area contributed by atoms with E-state index in [2.05, 4.69) is 5.32 Å². The molecule has 3 nitrogen and oxygen atoms in total. The van der Waals surface area contributed by atoms with Gasteiger partial charge in [0.15, 0.2) is 0 Å². The van der Waals surface area contributed by atoms with Crippen molar-refractivity contribution in [1.82, 2.24) is 10.2 Å².